The van der Waals surface area contributed by atoms with E-state index in [2.05, 4.69) is 10.3 Å². The number of aryl methyl sites for hydroxylation is 1. The van der Waals surface area contributed by atoms with Gasteiger partial charge in [-0.05, 0) is 31.2 Å². The number of ether oxygens (including phenoxy) is 1. The summed E-state index contributed by atoms with van der Waals surface area (Å²) >= 11 is 1.61. The maximum Gasteiger partial charge on any atom is 0.262 e. The molecule has 0 aliphatic carbocycles. The van der Waals surface area contributed by atoms with Crippen molar-refractivity contribution in [2.24, 2.45) is 0 Å². The van der Waals surface area contributed by atoms with Crippen LogP contribution in [0.1, 0.15) is 5.01 Å². The SMILES string of the molecule is Cc1nc(-c2cccc(NC(=O)COc3ccccc3)c2)cs1. The molecule has 1 heterocycles. The minimum absolute atomic E-state index is 0.0238. The van der Waals surface area contributed by atoms with Crippen molar-refractivity contribution in [1.82, 2.24) is 4.98 Å². The van der Waals surface area contributed by atoms with Gasteiger partial charge in [0.1, 0.15) is 5.75 Å². The van der Waals surface area contributed by atoms with Crippen molar-refractivity contribution in [3.8, 4) is 17.0 Å². The highest BCUT2D eigenvalue weighted by Gasteiger charge is 2.06. The molecule has 3 aromatic rings. The summed E-state index contributed by atoms with van der Waals surface area (Å²) in [7, 11) is 0. The van der Waals surface area contributed by atoms with Gasteiger partial charge in [0.15, 0.2) is 6.61 Å². The number of carbonyl (C=O) groups excluding carboxylic acids is 1. The molecule has 3 rings (SSSR count). The normalized spacial score (nSPS) is 10.3. The summed E-state index contributed by atoms with van der Waals surface area (Å²) in [6.45, 7) is 1.95. The molecule has 0 unspecified atom stereocenters. The molecule has 4 nitrogen and oxygen atoms in total. The molecule has 0 saturated heterocycles. The Labute approximate surface area is 138 Å². The topological polar surface area (TPSA) is 51.2 Å². The monoisotopic (exact) mass is 324 g/mol. The number of anilines is 1. The van der Waals surface area contributed by atoms with Crippen LogP contribution in [0.4, 0.5) is 5.69 Å². The molecule has 1 amide bonds. The first-order chi connectivity index (χ1) is 11.2. The summed E-state index contributed by atoms with van der Waals surface area (Å²) in [4.78, 5) is 16.4. The Morgan fingerprint density at radius 3 is 2.74 bits per heavy atom. The molecule has 0 bridgehead atoms. The lowest BCUT2D eigenvalue weighted by atomic mass is 10.1. The largest absolute Gasteiger partial charge is 0.484 e. The quantitative estimate of drug-likeness (QED) is 0.767. The van der Waals surface area contributed by atoms with Crippen molar-refractivity contribution >= 4 is 22.9 Å². The van der Waals surface area contributed by atoms with Gasteiger partial charge in [0.05, 0.1) is 10.7 Å². The fourth-order valence-electron chi connectivity index (χ4n) is 2.11. The summed E-state index contributed by atoms with van der Waals surface area (Å²) in [6.07, 6.45) is 0. The molecule has 1 N–H and O–H groups in total. The number of benzene rings is 2. The molecule has 0 saturated carbocycles. The standard InChI is InChI=1S/C18H16N2O2S/c1-13-19-17(12-23-13)14-6-5-7-15(10-14)20-18(21)11-22-16-8-3-2-4-9-16/h2-10,12H,11H2,1H3,(H,20,21). The van der Waals surface area contributed by atoms with Gasteiger partial charge in [-0.2, -0.15) is 0 Å². The van der Waals surface area contributed by atoms with E-state index in [9.17, 15) is 4.79 Å². The van der Waals surface area contributed by atoms with E-state index in [1.165, 1.54) is 0 Å². The molecule has 5 heteroatoms. The molecule has 2 aromatic carbocycles. The van der Waals surface area contributed by atoms with Crippen LogP contribution >= 0.6 is 11.3 Å². The zero-order chi connectivity index (χ0) is 16.1. The van der Waals surface area contributed by atoms with Crippen molar-refractivity contribution < 1.29 is 9.53 Å². The van der Waals surface area contributed by atoms with Crippen LogP contribution in [0.15, 0.2) is 60.0 Å². The Kier molecular flexibility index (Phi) is 4.68. The predicted octanol–water partition coefficient (Wildman–Crippen LogP) is 4.14. The third-order valence-electron chi connectivity index (χ3n) is 3.17. The second-order valence-corrected chi connectivity index (χ2v) is 6.04. The van der Waals surface area contributed by atoms with Crippen molar-refractivity contribution in [3.05, 3.63) is 65.0 Å². The van der Waals surface area contributed by atoms with E-state index in [0.29, 0.717) is 5.75 Å². The van der Waals surface area contributed by atoms with Crippen LogP contribution in [0.2, 0.25) is 0 Å². The number of nitrogens with one attached hydrogen (secondary N) is 1. The van der Waals surface area contributed by atoms with Gasteiger partial charge in [0, 0.05) is 16.6 Å². The summed E-state index contributed by atoms with van der Waals surface area (Å²) in [6, 6.07) is 16.9. The maximum atomic E-state index is 12.0. The van der Waals surface area contributed by atoms with Gasteiger partial charge in [-0.15, -0.1) is 11.3 Å². The summed E-state index contributed by atoms with van der Waals surface area (Å²) in [5, 5.41) is 5.87. The van der Waals surface area contributed by atoms with Gasteiger partial charge in [0.2, 0.25) is 0 Å². The molecular weight excluding hydrogens is 308 g/mol. The van der Waals surface area contributed by atoms with Gasteiger partial charge in [-0.1, -0.05) is 30.3 Å². The van der Waals surface area contributed by atoms with E-state index in [0.717, 1.165) is 22.0 Å². The molecule has 0 radical (unpaired) electrons. The lowest BCUT2D eigenvalue weighted by molar-refractivity contribution is -0.118. The molecule has 0 aliphatic rings. The first kappa shape index (κ1) is 15.2. The van der Waals surface area contributed by atoms with Gasteiger partial charge < -0.3 is 10.1 Å². The number of aromatic nitrogens is 1. The van der Waals surface area contributed by atoms with Crippen molar-refractivity contribution in [2.45, 2.75) is 6.92 Å². The highest BCUT2D eigenvalue weighted by Crippen LogP contribution is 2.24. The Morgan fingerprint density at radius 2 is 2.00 bits per heavy atom. The number of nitrogens with zero attached hydrogens (tertiary/aromatic N) is 1. The number of carbonyl (C=O) groups is 1. The fourth-order valence-corrected chi connectivity index (χ4v) is 2.74. The number of amides is 1. The first-order valence-corrected chi connectivity index (χ1v) is 8.09. The second kappa shape index (κ2) is 7.07. The van der Waals surface area contributed by atoms with Gasteiger partial charge >= 0.3 is 0 Å². The van der Waals surface area contributed by atoms with Crippen LogP contribution in [0, 0.1) is 6.92 Å². The molecule has 0 atom stereocenters. The Morgan fingerprint density at radius 1 is 1.17 bits per heavy atom. The minimum Gasteiger partial charge on any atom is -0.484 e. The molecule has 0 fully saturated rings. The maximum absolute atomic E-state index is 12.0. The third-order valence-corrected chi connectivity index (χ3v) is 3.95. The van der Waals surface area contributed by atoms with Gasteiger partial charge in [-0.3, -0.25) is 4.79 Å². The average molecular weight is 324 g/mol. The summed E-state index contributed by atoms with van der Waals surface area (Å²) in [5.41, 5.74) is 2.63. The predicted molar refractivity (Wildman–Crippen MR) is 92.9 cm³/mol. The highest BCUT2D eigenvalue weighted by atomic mass is 32.1. The number of thiazole rings is 1. The van der Waals surface area contributed by atoms with Crippen LogP contribution in [0.5, 0.6) is 5.75 Å². The van der Waals surface area contributed by atoms with E-state index >= 15 is 0 Å². The average Bonchev–Trinajstić information content (AvgIpc) is 3.01. The van der Waals surface area contributed by atoms with E-state index in [1.54, 1.807) is 11.3 Å². The van der Waals surface area contributed by atoms with Crippen LogP contribution < -0.4 is 10.1 Å². The molecule has 116 valence electrons. The highest BCUT2D eigenvalue weighted by molar-refractivity contribution is 7.09. The van der Waals surface area contributed by atoms with Crippen LogP contribution in [-0.2, 0) is 4.79 Å². The van der Waals surface area contributed by atoms with Gasteiger partial charge in [0.25, 0.3) is 5.91 Å². The van der Waals surface area contributed by atoms with Crippen LogP contribution in [0.3, 0.4) is 0 Å². The van der Waals surface area contributed by atoms with E-state index in [-0.39, 0.29) is 12.5 Å². The molecular formula is C18H16N2O2S. The Balaban J connectivity index is 1.62. The second-order valence-electron chi connectivity index (χ2n) is 4.98. The molecule has 1 aromatic heterocycles. The van der Waals surface area contributed by atoms with Crippen molar-refractivity contribution in [2.75, 3.05) is 11.9 Å². The fraction of sp³-hybridized carbons (Fsp3) is 0.111. The minimum atomic E-state index is -0.194. The summed E-state index contributed by atoms with van der Waals surface area (Å²) in [5.74, 6) is 0.481. The lowest BCUT2D eigenvalue weighted by Gasteiger charge is -2.08. The first-order valence-electron chi connectivity index (χ1n) is 7.21. The molecule has 0 aliphatic heterocycles. The lowest BCUT2D eigenvalue weighted by Crippen LogP contribution is -2.20. The zero-order valence-corrected chi connectivity index (χ0v) is 13.5. The van der Waals surface area contributed by atoms with Crippen LogP contribution in [0.25, 0.3) is 11.3 Å². The molecule has 23 heavy (non-hydrogen) atoms. The molecule has 0 spiro atoms. The van der Waals surface area contributed by atoms with E-state index < -0.39 is 0 Å². The Hall–Kier alpha value is -2.66. The van der Waals surface area contributed by atoms with E-state index in [4.69, 9.17) is 4.74 Å². The zero-order valence-electron chi connectivity index (χ0n) is 12.7. The summed E-state index contributed by atoms with van der Waals surface area (Å²) < 4.78 is 5.44. The Bertz CT molecular complexity index is 800. The van der Waals surface area contributed by atoms with Gasteiger partial charge in [-0.25, -0.2) is 4.98 Å². The number of rotatable bonds is 5. The van der Waals surface area contributed by atoms with Crippen LogP contribution in [-0.4, -0.2) is 17.5 Å². The number of para-hydroxylation sites is 1. The number of hydrogen-bond acceptors (Lipinski definition) is 4. The van der Waals surface area contributed by atoms with Crippen molar-refractivity contribution in [3.63, 3.8) is 0 Å². The smallest absolute Gasteiger partial charge is 0.262 e. The third kappa shape index (κ3) is 4.17. The van der Waals surface area contributed by atoms with Crippen molar-refractivity contribution in [1.29, 1.82) is 0 Å². The van der Waals surface area contributed by atoms with E-state index in [1.807, 2.05) is 66.9 Å². The number of hydrogen-bond donors (Lipinski definition) is 1.